The van der Waals surface area contributed by atoms with Crippen molar-refractivity contribution in [2.75, 3.05) is 39.5 Å². The number of hydrogen-bond donors (Lipinski definition) is 1. The van der Waals surface area contributed by atoms with E-state index in [1.807, 2.05) is 18.2 Å². The van der Waals surface area contributed by atoms with Gasteiger partial charge in [0.15, 0.2) is 6.61 Å². The molecular formula is C23H32N2O4. The van der Waals surface area contributed by atoms with Crippen LogP contribution in [-0.2, 0) is 22.4 Å². The Morgan fingerprint density at radius 3 is 2.79 bits per heavy atom. The summed E-state index contributed by atoms with van der Waals surface area (Å²) in [5.74, 6) is 2.21. The second-order valence-electron chi connectivity index (χ2n) is 8.42. The lowest BCUT2D eigenvalue weighted by Crippen LogP contribution is -2.51. The minimum atomic E-state index is -0.0850. The van der Waals surface area contributed by atoms with Crippen LogP contribution in [0.5, 0.6) is 5.75 Å². The molecule has 0 radical (unpaired) electrons. The van der Waals surface area contributed by atoms with Crippen LogP contribution in [0.3, 0.4) is 0 Å². The number of ether oxygens (including phenoxy) is 2. The lowest BCUT2D eigenvalue weighted by Gasteiger charge is -2.36. The van der Waals surface area contributed by atoms with Gasteiger partial charge in [-0.2, -0.15) is 0 Å². The van der Waals surface area contributed by atoms with Crippen molar-refractivity contribution in [3.05, 3.63) is 29.5 Å². The second kappa shape index (κ2) is 9.18. The Morgan fingerprint density at radius 1 is 1.21 bits per heavy atom. The molecule has 1 N–H and O–H groups in total. The number of nitrogens with zero attached hydrogens (tertiary/aromatic N) is 1. The average molecular weight is 401 g/mol. The van der Waals surface area contributed by atoms with E-state index < -0.39 is 0 Å². The van der Waals surface area contributed by atoms with Crippen LogP contribution in [-0.4, -0.2) is 56.3 Å². The van der Waals surface area contributed by atoms with Crippen LogP contribution in [0.4, 0.5) is 0 Å². The fraction of sp³-hybridized carbons (Fsp3) is 0.609. The van der Waals surface area contributed by atoms with E-state index in [0.29, 0.717) is 18.5 Å². The van der Waals surface area contributed by atoms with Crippen molar-refractivity contribution in [3.8, 4) is 5.75 Å². The Kier molecular flexibility index (Phi) is 6.40. The van der Waals surface area contributed by atoms with Crippen molar-refractivity contribution in [3.63, 3.8) is 0 Å². The molecule has 158 valence electrons. The number of fused-ring (bicyclic) bond motifs is 3. The Balaban J connectivity index is 1.32. The van der Waals surface area contributed by atoms with Gasteiger partial charge < -0.3 is 19.2 Å². The standard InChI is InChI=1S/C23H32N2O4/c1-16(2)20(25-9-11-27-12-10-25)14-24-23(26)15-28-17-7-8-22-19(13-17)18-5-3-4-6-21(18)29-22/h7-8,13,16,20H,3-6,9-12,14-15H2,1-2H3,(H,24,26). The molecule has 1 atom stereocenters. The zero-order valence-corrected chi connectivity index (χ0v) is 17.5. The van der Waals surface area contributed by atoms with Gasteiger partial charge in [0.2, 0.25) is 0 Å². The van der Waals surface area contributed by atoms with Gasteiger partial charge in [0.25, 0.3) is 5.91 Å². The van der Waals surface area contributed by atoms with E-state index in [1.54, 1.807) is 0 Å². The maximum absolute atomic E-state index is 12.4. The minimum absolute atomic E-state index is 0.0273. The van der Waals surface area contributed by atoms with Crippen LogP contribution in [0.2, 0.25) is 0 Å². The van der Waals surface area contributed by atoms with Crippen LogP contribution in [0.1, 0.15) is 38.0 Å². The number of carbonyl (C=O) groups is 1. The predicted molar refractivity (Wildman–Crippen MR) is 112 cm³/mol. The summed E-state index contributed by atoms with van der Waals surface area (Å²) in [6, 6.07) is 6.17. The number of morpholine rings is 1. The number of aryl methyl sites for hydroxylation is 2. The molecular weight excluding hydrogens is 368 g/mol. The molecule has 0 saturated carbocycles. The Morgan fingerprint density at radius 2 is 2.00 bits per heavy atom. The molecule has 29 heavy (non-hydrogen) atoms. The van der Waals surface area contributed by atoms with Crippen LogP contribution in [0.25, 0.3) is 11.0 Å². The predicted octanol–water partition coefficient (Wildman–Crippen LogP) is 3.16. The monoisotopic (exact) mass is 400 g/mol. The Labute approximate surface area is 172 Å². The van der Waals surface area contributed by atoms with Crippen molar-refractivity contribution in [1.29, 1.82) is 0 Å². The van der Waals surface area contributed by atoms with E-state index in [9.17, 15) is 4.79 Å². The third kappa shape index (κ3) is 4.75. The molecule has 1 aromatic carbocycles. The molecule has 2 aromatic rings. The first-order valence-corrected chi connectivity index (χ1v) is 10.9. The summed E-state index contributed by atoms with van der Waals surface area (Å²) >= 11 is 0. The van der Waals surface area contributed by atoms with Gasteiger partial charge in [-0.3, -0.25) is 9.69 Å². The van der Waals surface area contributed by atoms with E-state index in [1.165, 1.54) is 18.4 Å². The summed E-state index contributed by atoms with van der Waals surface area (Å²) in [5, 5.41) is 4.18. The SMILES string of the molecule is CC(C)C(CNC(=O)COc1ccc2oc3c(c2c1)CCCC3)N1CCOCC1. The largest absolute Gasteiger partial charge is 0.484 e. The molecule has 6 heteroatoms. The third-order valence-corrected chi connectivity index (χ3v) is 6.09. The molecule has 2 heterocycles. The van der Waals surface area contributed by atoms with Gasteiger partial charge in [0.05, 0.1) is 13.2 Å². The maximum Gasteiger partial charge on any atom is 0.257 e. The summed E-state index contributed by atoms with van der Waals surface area (Å²) in [7, 11) is 0. The van der Waals surface area contributed by atoms with E-state index in [4.69, 9.17) is 13.9 Å². The topological polar surface area (TPSA) is 63.9 Å². The highest BCUT2D eigenvalue weighted by atomic mass is 16.5. The Hall–Kier alpha value is -2.05. The van der Waals surface area contributed by atoms with E-state index >= 15 is 0 Å². The zero-order chi connectivity index (χ0) is 20.2. The van der Waals surface area contributed by atoms with Crippen molar-refractivity contribution in [2.45, 2.75) is 45.6 Å². The zero-order valence-electron chi connectivity index (χ0n) is 17.5. The number of amides is 1. The molecule has 1 unspecified atom stereocenters. The second-order valence-corrected chi connectivity index (χ2v) is 8.42. The van der Waals surface area contributed by atoms with Gasteiger partial charge >= 0.3 is 0 Å². The maximum atomic E-state index is 12.4. The van der Waals surface area contributed by atoms with Crippen molar-refractivity contribution in [1.82, 2.24) is 10.2 Å². The molecule has 1 aliphatic heterocycles. The van der Waals surface area contributed by atoms with Crippen molar-refractivity contribution < 1.29 is 18.7 Å². The lowest BCUT2D eigenvalue weighted by molar-refractivity contribution is -0.123. The molecule has 1 fully saturated rings. The number of carbonyl (C=O) groups excluding carboxylic acids is 1. The number of nitrogens with one attached hydrogen (secondary N) is 1. The molecule has 0 spiro atoms. The summed E-state index contributed by atoms with van der Waals surface area (Å²) in [6.07, 6.45) is 4.47. The quantitative estimate of drug-likeness (QED) is 0.773. The summed E-state index contributed by atoms with van der Waals surface area (Å²) in [6.45, 7) is 8.43. The van der Waals surface area contributed by atoms with Gasteiger partial charge in [-0.15, -0.1) is 0 Å². The number of hydrogen-bond acceptors (Lipinski definition) is 5. The van der Waals surface area contributed by atoms with E-state index in [2.05, 4.69) is 24.1 Å². The van der Waals surface area contributed by atoms with E-state index in [0.717, 1.165) is 61.6 Å². The van der Waals surface area contributed by atoms with Gasteiger partial charge in [-0.05, 0) is 43.4 Å². The molecule has 2 aliphatic rings. The molecule has 1 amide bonds. The highest BCUT2D eigenvalue weighted by Crippen LogP contribution is 2.33. The molecule has 4 rings (SSSR count). The molecule has 1 aliphatic carbocycles. The van der Waals surface area contributed by atoms with Gasteiger partial charge in [0, 0.05) is 43.0 Å². The summed E-state index contributed by atoms with van der Waals surface area (Å²) in [5.41, 5.74) is 2.23. The first-order valence-electron chi connectivity index (χ1n) is 10.9. The Bertz CT molecular complexity index is 839. The van der Waals surface area contributed by atoms with Crippen LogP contribution in [0.15, 0.2) is 22.6 Å². The van der Waals surface area contributed by atoms with Gasteiger partial charge in [-0.25, -0.2) is 0 Å². The normalized spacial score (nSPS) is 18.6. The highest BCUT2D eigenvalue weighted by Gasteiger charge is 2.24. The lowest BCUT2D eigenvalue weighted by atomic mass is 9.96. The number of rotatable bonds is 7. The molecule has 0 bridgehead atoms. The fourth-order valence-electron chi connectivity index (χ4n) is 4.45. The highest BCUT2D eigenvalue weighted by molar-refractivity contribution is 5.84. The smallest absolute Gasteiger partial charge is 0.257 e. The minimum Gasteiger partial charge on any atom is -0.484 e. The van der Waals surface area contributed by atoms with Crippen LogP contribution >= 0.6 is 0 Å². The summed E-state index contributed by atoms with van der Waals surface area (Å²) in [4.78, 5) is 14.8. The summed E-state index contributed by atoms with van der Waals surface area (Å²) < 4.78 is 17.2. The molecule has 6 nitrogen and oxygen atoms in total. The van der Waals surface area contributed by atoms with Crippen molar-refractivity contribution in [2.24, 2.45) is 5.92 Å². The number of benzene rings is 1. The van der Waals surface area contributed by atoms with Crippen LogP contribution in [0, 0.1) is 5.92 Å². The average Bonchev–Trinajstić information content (AvgIpc) is 3.11. The third-order valence-electron chi connectivity index (χ3n) is 6.09. The molecule has 1 saturated heterocycles. The van der Waals surface area contributed by atoms with Gasteiger partial charge in [0.1, 0.15) is 17.1 Å². The fourth-order valence-corrected chi connectivity index (χ4v) is 4.45. The van der Waals surface area contributed by atoms with Crippen molar-refractivity contribution >= 4 is 16.9 Å². The molecule has 1 aromatic heterocycles. The number of furan rings is 1. The van der Waals surface area contributed by atoms with Gasteiger partial charge in [-0.1, -0.05) is 13.8 Å². The first kappa shape index (κ1) is 20.2. The van der Waals surface area contributed by atoms with E-state index in [-0.39, 0.29) is 12.5 Å². The van der Waals surface area contributed by atoms with Crippen LogP contribution < -0.4 is 10.1 Å². The first-order chi connectivity index (χ1) is 14.1.